The normalized spacial score (nSPS) is 20.0. The van der Waals surface area contributed by atoms with Crippen LogP contribution in [-0.2, 0) is 0 Å². The van der Waals surface area contributed by atoms with E-state index in [9.17, 15) is 0 Å². The Kier molecular flexibility index (Phi) is 15.2. The fourth-order valence-corrected chi connectivity index (χ4v) is 5.17. The summed E-state index contributed by atoms with van der Waals surface area (Å²) < 4.78 is 0. The highest BCUT2D eigenvalue weighted by Crippen LogP contribution is 2.31. The molecule has 0 aromatic rings. The SMILES string of the molecule is CCCCCCCCC[P]C1CCCCCCCCCCC1. The van der Waals surface area contributed by atoms with Crippen molar-refractivity contribution in [3.05, 3.63) is 0 Å². The first-order chi connectivity index (χ1) is 10.9. The van der Waals surface area contributed by atoms with E-state index in [0.29, 0.717) is 0 Å². The molecule has 0 aromatic carbocycles. The molecule has 22 heavy (non-hydrogen) atoms. The zero-order valence-electron chi connectivity index (χ0n) is 15.5. The van der Waals surface area contributed by atoms with Crippen LogP contribution in [0.15, 0.2) is 0 Å². The van der Waals surface area contributed by atoms with Crippen molar-refractivity contribution < 1.29 is 0 Å². The summed E-state index contributed by atoms with van der Waals surface area (Å²) in [4.78, 5) is 0. The Labute approximate surface area is 143 Å². The van der Waals surface area contributed by atoms with Gasteiger partial charge in [-0.15, -0.1) is 0 Å². The third kappa shape index (κ3) is 12.9. The van der Waals surface area contributed by atoms with Crippen LogP contribution in [0.4, 0.5) is 0 Å². The average Bonchev–Trinajstić information content (AvgIpc) is 2.52. The van der Waals surface area contributed by atoms with E-state index in [4.69, 9.17) is 0 Å². The largest absolute Gasteiger partial charge is 0.0775 e. The zero-order chi connectivity index (χ0) is 15.7. The Bertz CT molecular complexity index is 202. The van der Waals surface area contributed by atoms with Gasteiger partial charge in [0.05, 0.1) is 0 Å². The Balaban J connectivity index is 2.02. The molecule has 1 saturated carbocycles. The molecular formula is C21H42P. The van der Waals surface area contributed by atoms with Crippen LogP contribution in [-0.4, -0.2) is 11.8 Å². The number of rotatable bonds is 9. The van der Waals surface area contributed by atoms with Gasteiger partial charge in [-0.05, 0) is 31.1 Å². The lowest BCUT2D eigenvalue weighted by molar-refractivity contribution is 0.508. The summed E-state index contributed by atoms with van der Waals surface area (Å²) in [6, 6.07) is 0. The number of hydrogen-bond donors (Lipinski definition) is 0. The van der Waals surface area contributed by atoms with Gasteiger partial charge >= 0.3 is 0 Å². The molecule has 1 rings (SSSR count). The van der Waals surface area contributed by atoms with Gasteiger partial charge in [-0.3, -0.25) is 0 Å². The van der Waals surface area contributed by atoms with Crippen molar-refractivity contribution in [1.29, 1.82) is 0 Å². The zero-order valence-corrected chi connectivity index (χ0v) is 16.4. The van der Waals surface area contributed by atoms with E-state index in [0.717, 1.165) is 5.66 Å². The van der Waals surface area contributed by atoms with E-state index in [2.05, 4.69) is 6.92 Å². The highest BCUT2D eigenvalue weighted by Gasteiger charge is 2.09. The molecule has 0 bridgehead atoms. The highest BCUT2D eigenvalue weighted by atomic mass is 31.1. The van der Waals surface area contributed by atoms with Crippen molar-refractivity contribution in [2.45, 2.75) is 128 Å². The standard InChI is InChI=1S/C21H42P/c1-2-3-4-5-11-14-17-20-22-21-18-15-12-9-7-6-8-10-13-16-19-21/h21H,2-20H2,1H3. The Morgan fingerprint density at radius 2 is 1.05 bits per heavy atom. The molecule has 0 aliphatic heterocycles. The van der Waals surface area contributed by atoms with Crippen LogP contribution in [0, 0.1) is 0 Å². The number of unbranched alkanes of at least 4 members (excludes halogenated alkanes) is 6. The second kappa shape index (κ2) is 16.3. The third-order valence-corrected chi connectivity index (χ3v) is 6.83. The molecule has 0 aromatic heterocycles. The lowest BCUT2D eigenvalue weighted by Gasteiger charge is -2.17. The summed E-state index contributed by atoms with van der Waals surface area (Å²) in [6.07, 6.45) is 28.3. The summed E-state index contributed by atoms with van der Waals surface area (Å²) in [5, 5.41) is 0. The Morgan fingerprint density at radius 1 is 0.591 bits per heavy atom. The smallest absolute Gasteiger partial charge is 0.0170 e. The molecule has 1 radical (unpaired) electrons. The van der Waals surface area contributed by atoms with Gasteiger partial charge in [-0.1, -0.05) is 112 Å². The van der Waals surface area contributed by atoms with E-state index >= 15 is 0 Å². The monoisotopic (exact) mass is 325 g/mol. The topological polar surface area (TPSA) is 0 Å². The van der Waals surface area contributed by atoms with Crippen molar-refractivity contribution >= 4 is 8.58 Å². The van der Waals surface area contributed by atoms with Crippen LogP contribution in [0.25, 0.3) is 0 Å². The molecule has 131 valence electrons. The first kappa shape index (κ1) is 20.5. The molecule has 0 nitrogen and oxygen atoms in total. The predicted octanol–water partition coefficient (Wildman–Crippen LogP) is 8.36. The van der Waals surface area contributed by atoms with Crippen LogP contribution in [0.3, 0.4) is 0 Å². The molecule has 1 aliphatic carbocycles. The van der Waals surface area contributed by atoms with E-state index in [-0.39, 0.29) is 0 Å². The van der Waals surface area contributed by atoms with Gasteiger partial charge in [0.2, 0.25) is 0 Å². The van der Waals surface area contributed by atoms with Crippen molar-refractivity contribution in [2.24, 2.45) is 0 Å². The maximum atomic E-state index is 2.31. The Hall–Kier alpha value is 0.430. The summed E-state index contributed by atoms with van der Waals surface area (Å²) in [7, 11) is 1.80. The van der Waals surface area contributed by atoms with E-state index in [1.165, 1.54) is 122 Å². The second-order valence-corrected chi connectivity index (χ2v) is 8.98. The molecule has 0 atom stereocenters. The minimum atomic E-state index is 1.04. The van der Waals surface area contributed by atoms with Crippen molar-refractivity contribution in [1.82, 2.24) is 0 Å². The fraction of sp³-hybridized carbons (Fsp3) is 1.00. The van der Waals surface area contributed by atoms with Crippen LogP contribution in [0.1, 0.15) is 122 Å². The van der Waals surface area contributed by atoms with Gasteiger partial charge in [0.15, 0.2) is 0 Å². The minimum absolute atomic E-state index is 1.04. The highest BCUT2D eigenvalue weighted by molar-refractivity contribution is 7.38. The molecule has 1 heteroatoms. The van der Waals surface area contributed by atoms with Crippen LogP contribution in [0.2, 0.25) is 0 Å². The van der Waals surface area contributed by atoms with Gasteiger partial charge < -0.3 is 0 Å². The molecule has 0 unspecified atom stereocenters. The summed E-state index contributed by atoms with van der Waals surface area (Å²) >= 11 is 0. The molecule has 0 spiro atoms. The van der Waals surface area contributed by atoms with Gasteiger partial charge in [0.1, 0.15) is 0 Å². The maximum Gasteiger partial charge on any atom is -0.0170 e. The quantitative estimate of drug-likeness (QED) is 0.295. The van der Waals surface area contributed by atoms with Crippen molar-refractivity contribution in [2.75, 3.05) is 6.16 Å². The summed E-state index contributed by atoms with van der Waals surface area (Å²) in [6.45, 7) is 2.31. The van der Waals surface area contributed by atoms with Gasteiger partial charge in [-0.2, -0.15) is 0 Å². The summed E-state index contributed by atoms with van der Waals surface area (Å²) in [5.74, 6) is 0. The van der Waals surface area contributed by atoms with E-state index in [1.54, 1.807) is 8.58 Å². The van der Waals surface area contributed by atoms with Crippen LogP contribution >= 0.6 is 8.58 Å². The van der Waals surface area contributed by atoms with Gasteiger partial charge in [0.25, 0.3) is 0 Å². The molecule has 0 N–H and O–H groups in total. The minimum Gasteiger partial charge on any atom is -0.0775 e. The van der Waals surface area contributed by atoms with Gasteiger partial charge in [-0.25, -0.2) is 0 Å². The van der Waals surface area contributed by atoms with Crippen molar-refractivity contribution in [3.8, 4) is 0 Å². The molecule has 1 aliphatic rings. The molecule has 0 heterocycles. The molecule has 0 saturated heterocycles. The van der Waals surface area contributed by atoms with Crippen LogP contribution < -0.4 is 0 Å². The fourth-order valence-electron chi connectivity index (χ4n) is 3.67. The molecule has 1 fully saturated rings. The van der Waals surface area contributed by atoms with Gasteiger partial charge in [0, 0.05) is 0 Å². The van der Waals surface area contributed by atoms with Crippen molar-refractivity contribution in [3.63, 3.8) is 0 Å². The third-order valence-electron chi connectivity index (χ3n) is 5.22. The lowest BCUT2D eigenvalue weighted by atomic mass is 10.0. The summed E-state index contributed by atoms with van der Waals surface area (Å²) in [5.41, 5.74) is 1.04. The number of hydrogen-bond acceptors (Lipinski definition) is 0. The molecular weight excluding hydrogens is 283 g/mol. The first-order valence-electron chi connectivity index (χ1n) is 10.6. The predicted molar refractivity (Wildman–Crippen MR) is 104 cm³/mol. The average molecular weight is 326 g/mol. The van der Waals surface area contributed by atoms with E-state index in [1.807, 2.05) is 0 Å². The molecule has 0 amide bonds. The maximum absolute atomic E-state index is 2.31. The lowest BCUT2D eigenvalue weighted by Crippen LogP contribution is -2.03. The van der Waals surface area contributed by atoms with Crippen LogP contribution in [0.5, 0.6) is 0 Å². The first-order valence-corrected chi connectivity index (χ1v) is 11.7. The second-order valence-electron chi connectivity index (χ2n) is 7.44. The van der Waals surface area contributed by atoms with E-state index < -0.39 is 0 Å². The Morgan fingerprint density at radius 3 is 1.59 bits per heavy atom.